The topological polar surface area (TPSA) is 58.4 Å². The third-order valence-corrected chi connectivity index (χ3v) is 2.82. The van der Waals surface area contributed by atoms with Crippen LogP contribution in [0.25, 0.3) is 0 Å². The molecule has 5 nitrogen and oxygen atoms in total. The van der Waals surface area contributed by atoms with E-state index in [4.69, 9.17) is 0 Å². The van der Waals surface area contributed by atoms with Crippen LogP contribution in [0.2, 0.25) is 0 Å². The molecule has 0 saturated carbocycles. The number of hydrogen-bond acceptors (Lipinski definition) is 3. The lowest BCUT2D eigenvalue weighted by Gasteiger charge is -2.24. The Bertz CT molecular complexity index is 350. The fourth-order valence-electron chi connectivity index (χ4n) is 1.78. The molecule has 0 aliphatic carbocycles. The Morgan fingerprint density at radius 2 is 2.12 bits per heavy atom. The van der Waals surface area contributed by atoms with Crippen molar-refractivity contribution < 1.29 is 9.90 Å². The van der Waals surface area contributed by atoms with E-state index in [1.54, 1.807) is 6.20 Å². The van der Waals surface area contributed by atoms with Gasteiger partial charge in [0.05, 0.1) is 5.69 Å². The van der Waals surface area contributed by atoms with Crippen LogP contribution < -0.4 is 0 Å². The predicted octanol–water partition coefficient (Wildman–Crippen LogP) is 1.20. The Labute approximate surface area is 95.7 Å². The third kappa shape index (κ3) is 2.41. The lowest BCUT2D eigenvalue weighted by molar-refractivity contribution is -0.143. The number of aromatic nitrogens is 2. The van der Waals surface area contributed by atoms with Crippen molar-refractivity contribution in [2.24, 2.45) is 7.05 Å². The van der Waals surface area contributed by atoms with Gasteiger partial charge in [-0.25, -0.2) is 4.98 Å². The van der Waals surface area contributed by atoms with Gasteiger partial charge in [0.25, 0.3) is 0 Å². The van der Waals surface area contributed by atoms with Crippen LogP contribution in [0.4, 0.5) is 0 Å². The molecule has 1 atom stereocenters. The van der Waals surface area contributed by atoms with Crippen LogP contribution in [0, 0.1) is 6.92 Å². The Hall–Kier alpha value is -1.36. The van der Waals surface area contributed by atoms with E-state index in [2.05, 4.69) is 4.98 Å². The first-order chi connectivity index (χ1) is 7.51. The maximum atomic E-state index is 11.3. The van der Waals surface area contributed by atoms with E-state index in [9.17, 15) is 9.90 Å². The second-order valence-electron chi connectivity index (χ2n) is 3.79. The molecule has 0 saturated heterocycles. The van der Waals surface area contributed by atoms with Crippen LogP contribution in [-0.4, -0.2) is 38.6 Å². The van der Waals surface area contributed by atoms with Crippen LogP contribution in [0.3, 0.4) is 0 Å². The summed E-state index contributed by atoms with van der Waals surface area (Å²) in [5.74, 6) is -0.0183. The molecule has 1 heterocycles. The summed E-state index contributed by atoms with van der Waals surface area (Å²) < 4.78 is 1.84. The number of carboxylic acid groups (broad SMARTS) is 1. The van der Waals surface area contributed by atoms with E-state index in [1.807, 2.05) is 37.3 Å². The zero-order valence-electron chi connectivity index (χ0n) is 10.3. The van der Waals surface area contributed by atoms with Gasteiger partial charge in [0.2, 0.25) is 0 Å². The van der Waals surface area contributed by atoms with Gasteiger partial charge in [-0.3, -0.25) is 9.69 Å². The highest BCUT2D eigenvalue weighted by Crippen LogP contribution is 2.19. The molecule has 1 aromatic rings. The summed E-state index contributed by atoms with van der Waals surface area (Å²) in [6.45, 7) is 7.17. The summed E-state index contributed by atoms with van der Waals surface area (Å²) in [4.78, 5) is 17.5. The van der Waals surface area contributed by atoms with Gasteiger partial charge in [-0.05, 0) is 20.0 Å². The summed E-state index contributed by atoms with van der Waals surface area (Å²) in [5.41, 5.74) is 0.608. The lowest BCUT2D eigenvalue weighted by Crippen LogP contribution is -2.34. The van der Waals surface area contributed by atoms with Crippen LogP contribution >= 0.6 is 0 Å². The Balaban J connectivity index is 3.06. The van der Waals surface area contributed by atoms with Crippen molar-refractivity contribution in [3.63, 3.8) is 0 Å². The molecule has 1 rings (SSSR count). The summed E-state index contributed by atoms with van der Waals surface area (Å²) in [6.07, 6.45) is 1.78. The van der Waals surface area contributed by atoms with E-state index >= 15 is 0 Å². The monoisotopic (exact) mass is 225 g/mol. The van der Waals surface area contributed by atoms with Crippen molar-refractivity contribution in [3.8, 4) is 0 Å². The molecule has 1 aromatic heterocycles. The predicted molar refractivity (Wildman–Crippen MR) is 61.2 cm³/mol. The summed E-state index contributed by atoms with van der Waals surface area (Å²) in [6, 6.07) is -0.644. The number of imidazole rings is 1. The maximum absolute atomic E-state index is 11.3. The number of rotatable bonds is 5. The third-order valence-electron chi connectivity index (χ3n) is 2.82. The van der Waals surface area contributed by atoms with Gasteiger partial charge in [0, 0.05) is 13.2 Å². The average Bonchev–Trinajstić information content (AvgIpc) is 2.54. The lowest BCUT2D eigenvalue weighted by atomic mass is 10.2. The van der Waals surface area contributed by atoms with Gasteiger partial charge in [0.15, 0.2) is 6.04 Å². The van der Waals surface area contributed by atoms with Gasteiger partial charge < -0.3 is 9.67 Å². The van der Waals surface area contributed by atoms with Crippen molar-refractivity contribution in [2.75, 3.05) is 13.1 Å². The molecule has 0 aliphatic heterocycles. The summed E-state index contributed by atoms with van der Waals surface area (Å²) >= 11 is 0. The zero-order valence-corrected chi connectivity index (χ0v) is 10.3. The number of carboxylic acids is 1. The minimum absolute atomic E-state index is 0.608. The standard InChI is InChI=1S/C11H19N3O2/c1-5-14(6-2)10(11(15)16)9-7-13(4)8(3)12-9/h7,10H,5-6H2,1-4H3,(H,15,16). The van der Waals surface area contributed by atoms with Crippen LogP contribution in [0.5, 0.6) is 0 Å². The van der Waals surface area contributed by atoms with Crippen molar-refractivity contribution in [2.45, 2.75) is 26.8 Å². The highest BCUT2D eigenvalue weighted by Gasteiger charge is 2.27. The highest BCUT2D eigenvalue weighted by molar-refractivity contribution is 5.74. The normalized spacial score (nSPS) is 13.1. The molecular formula is C11H19N3O2. The first-order valence-electron chi connectivity index (χ1n) is 5.47. The quantitative estimate of drug-likeness (QED) is 0.818. The Morgan fingerprint density at radius 1 is 1.56 bits per heavy atom. The summed E-state index contributed by atoms with van der Waals surface area (Å²) in [5, 5.41) is 9.27. The molecular weight excluding hydrogens is 206 g/mol. The number of aryl methyl sites for hydroxylation is 2. The molecule has 0 aliphatic rings. The van der Waals surface area contributed by atoms with E-state index in [0.29, 0.717) is 18.8 Å². The van der Waals surface area contributed by atoms with Crippen LogP contribution in [0.1, 0.15) is 31.4 Å². The fourth-order valence-corrected chi connectivity index (χ4v) is 1.78. The van der Waals surface area contributed by atoms with Crippen molar-refractivity contribution >= 4 is 5.97 Å². The fraction of sp³-hybridized carbons (Fsp3) is 0.636. The van der Waals surface area contributed by atoms with E-state index in [0.717, 1.165) is 5.82 Å². The highest BCUT2D eigenvalue weighted by atomic mass is 16.4. The Morgan fingerprint density at radius 3 is 2.44 bits per heavy atom. The Kier molecular flexibility index (Phi) is 4.06. The minimum Gasteiger partial charge on any atom is -0.480 e. The van der Waals surface area contributed by atoms with Crippen LogP contribution in [-0.2, 0) is 11.8 Å². The second-order valence-corrected chi connectivity index (χ2v) is 3.79. The molecule has 90 valence electrons. The molecule has 0 aromatic carbocycles. The molecule has 16 heavy (non-hydrogen) atoms. The smallest absolute Gasteiger partial charge is 0.327 e. The molecule has 1 unspecified atom stereocenters. The van der Waals surface area contributed by atoms with Gasteiger partial charge in [-0.15, -0.1) is 0 Å². The van der Waals surface area contributed by atoms with Gasteiger partial charge in [-0.1, -0.05) is 13.8 Å². The van der Waals surface area contributed by atoms with Gasteiger partial charge in [-0.2, -0.15) is 0 Å². The zero-order chi connectivity index (χ0) is 12.3. The molecule has 1 N–H and O–H groups in total. The molecule has 5 heteroatoms. The molecule has 0 fully saturated rings. The number of aliphatic carboxylic acids is 1. The molecule has 0 spiro atoms. The van der Waals surface area contributed by atoms with E-state index in [-0.39, 0.29) is 0 Å². The van der Waals surface area contributed by atoms with Crippen molar-refractivity contribution in [1.82, 2.24) is 14.5 Å². The number of hydrogen-bond donors (Lipinski definition) is 1. The van der Waals surface area contributed by atoms with E-state index in [1.165, 1.54) is 0 Å². The first kappa shape index (κ1) is 12.7. The first-order valence-corrected chi connectivity index (χ1v) is 5.47. The number of nitrogens with zero attached hydrogens (tertiary/aromatic N) is 3. The van der Waals surface area contributed by atoms with Crippen LogP contribution in [0.15, 0.2) is 6.20 Å². The SMILES string of the molecule is CCN(CC)C(C(=O)O)c1cn(C)c(C)n1. The largest absolute Gasteiger partial charge is 0.480 e. The molecule has 0 radical (unpaired) electrons. The van der Waals surface area contributed by atoms with Crippen molar-refractivity contribution in [3.05, 3.63) is 17.7 Å². The van der Waals surface area contributed by atoms with E-state index < -0.39 is 12.0 Å². The number of carbonyl (C=O) groups is 1. The number of likely N-dealkylation sites (N-methyl/N-ethyl adjacent to an activating group) is 1. The van der Waals surface area contributed by atoms with Gasteiger partial charge >= 0.3 is 5.97 Å². The minimum atomic E-state index is -0.846. The van der Waals surface area contributed by atoms with Gasteiger partial charge in [0.1, 0.15) is 5.82 Å². The molecule has 0 amide bonds. The second kappa shape index (κ2) is 5.12. The van der Waals surface area contributed by atoms with Crippen molar-refractivity contribution in [1.29, 1.82) is 0 Å². The summed E-state index contributed by atoms with van der Waals surface area (Å²) in [7, 11) is 1.87. The molecule has 0 bridgehead atoms. The average molecular weight is 225 g/mol. The maximum Gasteiger partial charge on any atom is 0.327 e.